The van der Waals surface area contributed by atoms with Crippen LogP contribution in [0.3, 0.4) is 0 Å². The number of hydrogen-bond donors (Lipinski definition) is 1. The molecule has 0 amide bonds. The monoisotopic (exact) mass is 293 g/mol. The summed E-state index contributed by atoms with van der Waals surface area (Å²) in [5, 5.41) is 2.97. The molecule has 1 aromatic heterocycles. The van der Waals surface area contributed by atoms with Gasteiger partial charge in [-0.25, -0.2) is 0 Å². The predicted octanol–water partition coefficient (Wildman–Crippen LogP) is 1.46. The number of ether oxygens (including phenoxy) is 2. The number of hydrogen-bond acceptors (Lipinski definition) is 7. The smallest absolute Gasteiger partial charge is 0.323 e. The zero-order valence-corrected chi connectivity index (χ0v) is 12.5. The summed E-state index contributed by atoms with van der Waals surface area (Å²) < 4.78 is 11.3. The van der Waals surface area contributed by atoms with Crippen LogP contribution in [-0.2, 0) is 4.74 Å². The number of piperidine rings is 1. The highest BCUT2D eigenvalue weighted by molar-refractivity contribution is 5.38. The van der Waals surface area contributed by atoms with Crippen molar-refractivity contribution in [3.05, 3.63) is 0 Å². The third-order valence-corrected chi connectivity index (χ3v) is 3.89. The van der Waals surface area contributed by atoms with Gasteiger partial charge in [-0.05, 0) is 32.1 Å². The van der Waals surface area contributed by atoms with Crippen LogP contribution in [0.25, 0.3) is 0 Å². The second-order valence-corrected chi connectivity index (χ2v) is 5.49. The van der Waals surface area contributed by atoms with Gasteiger partial charge in [0.25, 0.3) is 0 Å². The zero-order chi connectivity index (χ0) is 14.5. The van der Waals surface area contributed by atoms with E-state index in [0.29, 0.717) is 24.5 Å². The highest BCUT2D eigenvalue weighted by Crippen LogP contribution is 2.20. The molecule has 0 aliphatic carbocycles. The molecule has 2 saturated heterocycles. The molecular formula is C14H23N5O2. The Balaban J connectivity index is 1.69. The van der Waals surface area contributed by atoms with Gasteiger partial charge in [0.05, 0.1) is 6.10 Å². The van der Waals surface area contributed by atoms with E-state index in [9.17, 15) is 0 Å². The maximum atomic E-state index is 5.71. The molecule has 7 heteroatoms. The minimum absolute atomic E-state index is 0.165. The SMILES string of the molecule is CNc1nc(OCC2CCCO2)nc(N2CCCCC2)n1. The molecule has 1 atom stereocenters. The quantitative estimate of drug-likeness (QED) is 0.881. The number of nitrogens with zero attached hydrogens (tertiary/aromatic N) is 4. The third-order valence-electron chi connectivity index (χ3n) is 3.89. The Morgan fingerprint density at radius 1 is 1.19 bits per heavy atom. The normalized spacial score (nSPS) is 22.3. The van der Waals surface area contributed by atoms with E-state index in [-0.39, 0.29) is 6.10 Å². The van der Waals surface area contributed by atoms with Crippen LogP contribution >= 0.6 is 0 Å². The fourth-order valence-corrected chi connectivity index (χ4v) is 2.70. The van der Waals surface area contributed by atoms with Gasteiger partial charge >= 0.3 is 6.01 Å². The van der Waals surface area contributed by atoms with Crippen LogP contribution in [0, 0.1) is 0 Å². The van der Waals surface area contributed by atoms with E-state index in [1.165, 1.54) is 19.3 Å². The van der Waals surface area contributed by atoms with Gasteiger partial charge in [0.2, 0.25) is 11.9 Å². The molecule has 1 aromatic rings. The maximum Gasteiger partial charge on any atom is 0.323 e. The van der Waals surface area contributed by atoms with Crippen molar-refractivity contribution in [2.45, 2.75) is 38.2 Å². The lowest BCUT2D eigenvalue weighted by Crippen LogP contribution is -2.31. The minimum Gasteiger partial charge on any atom is -0.461 e. The van der Waals surface area contributed by atoms with E-state index in [0.717, 1.165) is 32.5 Å². The average molecular weight is 293 g/mol. The Hall–Kier alpha value is -1.63. The topological polar surface area (TPSA) is 72.4 Å². The first-order chi connectivity index (χ1) is 10.3. The van der Waals surface area contributed by atoms with Crippen molar-refractivity contribution in [3.8, 4) is 6.01 Å². The first kappa shape index (κ1) is 14.3. The Kier molecular flexibility index (Phi) is 4.69. The fraction of sp³-hybridized carbons (Fsp3) is 0.786. The van der Waals surface area contributed by atoms with Crippen LogP contribution in [-0.4, -0.2) is 54.4 Å². The molecule has 0 bridgehead atoms. The van der Waals surface area contributed by atoms with Crippen LogP contribution in [0.5, 0.6) is 6.01 Å². The molecule has 1 unspecified atom stereocenters. The number of nitrogens with one attached hydrogen (secondary N) is 1. The molecule has 3 heterocycles. The lowest BCUT2D eigenvalue weighted by Gasteiger charge is -2.26. The van der Waals surface area contributed by atoms with Gasteiger partial charge in [-0.2, -0.15) is 15.0 Å². The van der Waals surface area contributed by atoms with Crippen molar-refractivity contribution < 1.29 is 9.47 Å². The minimum atomic E-state index is 0.165. The summed E-state index contributed by atoms with van der Waals surface area (Å²) in [7, 11) is 1.80. The van der Waals surface area contributed by atoms with Gasteiger partial charge < -0.3 is 19.7 Å². The van der Waals surface area contributed by atoms with E-state index in [1.54, 1.807) is 7.05 Å². The second-order valence-electron chi connectivity index (χ2n) is 5.49. The molecule has 2 aliphatic rings. The van der Waals surface area contributed by atoms with E-state index >= 15 is 0 Å². The van der Waals surface area contributed by atoms with Crippen molar-refractivity contribution in [1.82, 2.24) is 15.0 Å². The zero-order valence-electron chi connectivity index (χ0n) is 12.5. The van der Waals surface area contributed by atoms with Crippen LogP contribution in [0.4, 0.5) is 11.9 Å². The van der Waals surface area contributed by atoms with Crippen molar-refractivity contribution >= 4 is 11.9 Å². The maximum absolute atomic E-state index is 5.71. The van der Waals surface area contributed by atoms with E-state index in [4.69, 9.17) is 9.47 Å². The molecule has 2 fully saturated rings. The molecule has 0 radical (unpaired) electrons. The lowest BCUT2D eigenvalue weighted by atomic mass is 10.1. The molecule has 2 aliphatic heterocycles. The summed E-state index contributed by atoms with van der Waals surface area (Å²) in [6, 6.07) is 0.380. The van der Waals surface area contributed by atoms with Gasteiger partial charge in [0.15, 0.2) is 0 Å². The van der Waals surface area contributed by atoms with Crippen LogP contribution in [0.15, 0.2) is 0 Å². The first-order valence-corrected chi connectivity index (χ1v) is 7.78. The van der Waals surface area contributed by atoms with E-state index < -0.39 is 0 Å². The van der Waals surface area contributed by atoms with Gasteiger partial charge in [-0.1, -0.05) is 0 Å². The molecule has 0 aromatic carbocycles. The number of aromatic nitrogens is 3. The summed E-state index contributed by atoms with van der Waals surface area (Å²) >= 11 is 0. The summed E-state index contributed by atoms with van der Waals surface area (Å²) in [6.07, 6.45) is 5.97. The van der Waals surface area contributed by atoms with Crippen molar-refractivity contribution in [2.75, 3.05) is 43.6 Å². The Morgan fingerprint density at radius 2 is 2.05 bits per heavy atom. The molecular weight excluding hydrogens is 270 g/mol. The van der Waals surface area contributed by atoms with Crippen molar-refractivity contribution in [1.29, 1.82) is 0 Å². The standard InChI is InChI=1S/C14H23N5O2/c1-15-12-16-13(19-7-3-2-4-8-19)18-14(17-12)21-10-11-6-5-9-20-11/h11H,2-10H2,1H3,(H,15,16,17,18). The summed E-state index contributed by atoms with van der Waals surface area (Å²) in [4.78, 5) is 15.4. The van der Waals surface area contributed by atoms with Gasteiger partial charge in [0, 0.05) is 26.7 Å². The summed E-state index contributed by atoms with van der Waals surface area (Å²) in [5.41, 5.74) is 0. The first-order valence-electron chi connectivity index (χ1n) is 7.78. The van der Waals surface area contributed by atoms with Gasteiger partial charge in [0.1, 0.15) is 6.61 Å². The van der Waals surface area contributed by atoms with Gasteiger partial charge in [-0.3, -0.25) is 0 Å². The molecule has 7 nitrogen and oxygen atoms in total. The Labute approximate surface area is 125 Å². The molecule has 21 heavy (non-hydrogen) atoms. The molecule has 1 N–H and O–H groups in total. The van der Waals surface area contributed by atoms with Gasteiger partial charge in [-0.15, -0.1) is 0 Å². The summed E-state index contributed by atoms with van der Waals surface area (Å²) in [5.74, 6) is 1.25. The summed E-state index contributed by atoms with van der Waals surface area (Å²) in [6.45, 7) is 3.33. The lowest BCUT2D eigenvalue weighted by molar-refractivity contribution is 0.0645. The average Bonchev–Trinajstić information content (AvgIpc) is 3.07. The van der Waals surface area contributed by atoms with Crippen molar-refractivity contribution in [3.63, 3.8) is 0 Å². The number of anilines is 2. The third kappa shape index (κ3) is 3.72. The second kappa shape index (κ2) is 6.89. The Bertz CT molecular complexity index is 459. The largest absolute Gasteiger partial charge is 0.461 e. The molecule has 116 valence electrons. The van der Waals surface area contributed by atoms with Crippen LogP contribution in [0.1, 0.15) is 32.1 Å². The molecule has 0 spiro atoms. The number of rotatable bonds is 5. The van der Waals surface area contributed by atoms with Crippen molar-refractivity contribution in [2.24, 2.45) is 0 Å². The molecule has 0 saturated carbocycles. The highest BCUT2D eigenvalue weighted by Gasteiger charge is 2.19. The Morgan fingerprint density at radius 3 is 2.76 bits per heavy atom. The predicted molar refractivity (Wildman–Crippen MR) is 79.9 cm³/mol. The van der Waals surface area contributed by atoms with E-state index in [2.05, 4.69) is 25.2 Å². The molecule has 3 rings (SSSR count). The van der Waals surface area contributed by atoms with E-state index in [1.807, 2.05) is 0 Å². The highest BCUT2D eigenvalue weighted by atomic mass is 16.5. The van der Waals surface area contributed by atoms with Crippen LogP contribution in [0.2, 0.25) is 0 Å². The van der Waals surface area contributed by atoms with Crippen LogP contribution < -0.4 is 15.0 Å². The fourth-order valence-electron chi connectivity index (χ4n) is 2.70.